The van der Waals surface area contributed by atoms with Crippen LogP contribution in [0.2, 0.25) is 0 Å². The number of hydrogen-bond acceptors (Lipinski definition) is 2. The van der Waals surface area contributed by atoms with Crippen molar-refractivity contribution in [1.29, 1.82) is 0 Å². The van der Waals surface area contributed by atoms with Gasteiger partial charge in [0.25, 0.3) is 10.2 Å². The molecule has 0 saturated heterocycles. The van der Waals surface area contributed by atoms with E-state index in [1.165, 1.54) is 0 Å². The Hall–Kier alpha value is -0.200. The van der Waals surface area contributed by atoms with E-state index in [1.807, 2.05) is 4.72 Å². The zero-order chi connectivity index (χ0) is 10.7. The largest absolute Gasteiger partial charge is 0.274 e. The quantitative estimate of drug-likeness (QED) is 0.697. The standard InChI is InChI=1S/C8H17FN2O2S/c9-8(7-11-14(10,12)13)5-3-1-2-4-6-8/h11H,1-7H2,(H2,10,12,13). The lowest BCUT2D eigenvalue weighted by molar-refractivity contribution is 0.145. The van der Waals surface area contributed by atoms with E-state index in [9.17, 15) is 12.8 Å². The van der Waals surface area contributed by atoms with Crippen LogP contribution in [0.4, 0.5) is 4.39 Å². The first-order valence-corrected chi connectivity index (χ1v) is 6.42. The number of hydrogen-bond donors (Lipinski definition) is 2. The molecule has 0 atom stereocenters. The summed E-state index contributed by atoms with van der Waals surface area (Å²) in [7, 11) is -3.76. The number of nitrogens with one attached hydrogen (secondary N) is 1. The summed E-state index contributed by atoms with van der Waals surface area (Å²) in [5.41, 5.74) is -1.40. The topological polar surface area (TPSA) is 72.2 Å². The van der Waals surface area contributed by atoms with Crippen molar-refractivity contribution >= 4 is 10.2 Å². The molecule has 0 bridgehead atoms. The number of halogens is 1. The molecule has 14 heavy (non-hydrogen) atoms. The van der Waals surface area contributed by atoms with Gasteiger partial charge in [-0.25, -0.2) is 9.53 Å². The Morgan fingerprint density at radius 3 is 2.14 bits per heavy atom. The first kappa shape index (κ1) is 11.9. The van der Waals surface area contributed by atoms with Gasteiger partial charge in [-0.05, 0) is 12.8 Å². The first-order chi connectivity index (χ1) is 6.41. The molecule has 0 aromatic heterocycles. The Balaban J connectivity index is 2.47. The summed E-state index contributed by atoms with van der Waals surface area (Å²) < 4.78 is 37.2. The highest BCUT2D eigenvalue weighted by atomic mass is 32.2. The minimum Gasteiger partial charge on any atom is -0.242 e. The molecule has 6 heteroatoms. The monoisotopic (exact) mass is 224 g/mol. The van der Waals surface area contributed by atoms with Crippen LogP contribution in [0, 0.1) is 0 Å². The molecule has 84 valence electrons. The Kier molecular flexibility index (Phi) is 3.86. The fourth-order valence-corrected chi connectivity index (χ4v) is 2.23. The van der Waals surface area contributed by atoms with Gasteiger partial charge >= 0.3 is 0 Å². The third kappa shape index (κ3) is 4.34. The summed E-state index contributed by atoms with van der Waals surface area (Å²) in [5.74, 6) is 0. The van der Waals surface area contributed by atoms with Gasteiger partial charge in [0.15, 0.2) is 0 Å². The Morgan fingerprint density at radius 1 is 1.21 bits per heavy atom. The summed E-state index contributed by atoms with van der Waals surface area (Å²) >= 11 is 0. The SMILES string of the molecule is NS(=O)(=O)NCC1(F)CCCCCC1. The zero-order valence-electron chi connectivity index (χ0n) is 8.13. The Morgan fingerprint density at radius 2 is 1.71 bits per heavy atom. The van der Waals surface area contributed by atoms with Gasteiger partial charge in [0.1, 0.15) is 5.67 Å². The number of rotatable bonds is 3. The van der Waals surface area contributed by atoms with Crippen molar-refractivity contribution in [3.63, 3.8) is 0 Å². The molecule has 0 amide bonds. The van der Waals surface area contributed by atoms with Crippen molar-refractivity contribution in [2.75, 3.05) is 6.54 Å². The van der Waals surface area contributed by atoms with E-state index < -0.39 is 15.9 Å². The second-order valence-electron chi connectivity index (χ2n) is 3.93. The molecule has 0 aromatic carbocycles. The fraction of sp³-hybridized carbons (Fsp3) is 1.00. The normalized spacial score (nSPS) is 23.0. The summed E-state index contributed by atoms with van der Waals surface area (Å²) in [6.07, 6.45) is 4.55. The average Bonchev–Trinajstić information content (AvgIpc) is 2.27. The fourth-order valence-electron chi connectivity index (χ4n) is 1.77. The molecule has 0 unspecified atom stereocenters. The van der Waals surface area contributed by atoms with Crippen LogP contribution >= 0.6 is 0 Å². The molecule has 1 fully saturated rings. The molecule has 0 heterocycles. The van der Waals surface area contributed by atoms with Gasteiger partial charge in [-0.2, -0.15) is 13.1 Å². The summed E-state index contributed by atoms with van der Waals surface area (Å²) in [6.45, 7) is -0.189. The van der Waals surface area contributed by atoms with Gasteiger partial charge in [-0.15, -0.1) is 0 Å². The molecule has 0 aromatic rings. The molecule has 1 aliphatic carbocycles. The van der Waals surface area contributed by atoms with Gasteiger partial charge in [0, 0.05) is 6.54 Å². The van der Waals surface area contributed by atoms with E-state index in [1.54, 1.807) is 0 Å². The van der Waals surface area contributed by atoms with Crippen LogP contribution in [0.5, 0.6) is 0 Å². The third-order valence-electron chi connectivity index (χ3n) is 2.59. The molecule has 0 aliphatic heterocycles. The smallest absolute Gasteiger partial charge is 0.242 e. The molecule has 1 aliphatic rings. The lowest BCUT2D eigenvalue weighted by Gasteiger charge is -2.22. The van der Waals surface area contributed by atoms with E-state index in [0.717, 1.165) is 25.7 Å². The van der Waals surface area contributed by atoms with Crippen molar-refractivity contribution in [3.8, 4) is 0 Å². The van der Waals surface area contributed by atoms with Crippen molar-refractivity contribution < 1.29 is 12.8 Å². The highest BCUT2D eigenvalue weighted by molar-refractivity contribution is 7.87. The maximum absolute atomic E-state index is 14.0. The minimum atomic E-state index is -3.76. The maximum Gasteiger partial charge on any atom is 0.274 e. The summed E-state index contributed by atoms with van der Waals surface area (Å²) in [6, 6.07) is 0. The first-order valence-electron chi connectivity index (χ1n) is 4.88. The van der Waals surface area contributed by atoms with Gasteiger partial charge in [0.05, 0.1) is 0 Å². The Labute approximate surface area is 84.2 Å². The molecule has 4 nitrogen and oxygen atoms in total. The van der Waals surface area contributed by atoms with Crippen LogP contribution < -0.4 is 9.86 Å². The zero-order valence-corrected chi connectivity index (χ0v) is 8.95. The molecule has 1 saturated carbocycles. The van der Waals surface area contributed by atoms with Crippen LogP contribution in [0.15, 0.2) is 0 Å². The predicted molar refractivity (Wildman–Crippen MR) is 52.7 cm³/mol. The van der Waals surface area contributed by atoms with Crippen molar-refractivity contribution in [2.24, 2.45) is 5.14 Å². The average molecular weight is 224 g/mol. The van der Waals surface area contributed by atoms with E-state index in [2.05, 4.69) is 0 Å². The van der Waals surface area contributed by atoms with Crippen LogP contribution in [0.3, 0.4) is 0 Å². The van der Waals surface area contributed by atoms with Crippen molar-refractivity contribution in [3.05, 3.63) is 0 Å². The van der Waals surface area contributed by atoms with Crippen molar-refractivity contribution in [1.82, 2.24) is 4.72 Å². The third-order valence-corrected chi connectivity index (χ3v) is 3.14. The molecule has 1 rings (SSSR count). The summed E-state index contributed by atoms with van der Waals surface area (Å²) in [5, 5.41) is 4.75. The molecular formula is C8H17FN2O2S. The number of alkyl halides is 1. The van der Waals surface area contributed by atoms with Crippen LogP contribution in [-0.4, -0.2) is 20.6 Å². The summed E-state index contributed by atoms with van der Waals surface area (Å²) in [4.78, 5) is 0. The van der Waals surface area contributed by atoms with Gasteiger partial charge < -0.3 is 0 Å². The molecule has 0 radical (unpaired) electrons. The van der Waals surface area contributed by atoms with Gasteiger partial charge in [-0.3, -0.25) is 0 Å². The highest BCUT2D eigenvalue weighted by Crippen LogP contribution is 2.29. The van der Waals surface area contributed by atoms with E-state index in [4.69, 9.17) is 5.14 Å². The number of nitrogens with two attached hydrogens (primary N) is 1. The second kappa shape index (κ2) is 4.55. The van der Waals surface area contributed by atoms with Gasteiger partial charge in [0.2, 0.25) is 0 Å². The van der Waals surface area contributed by atoms with E-state index in [-0.39, 0.29) is 6.54 Å². The predicted octanol–water partition coefficient (Wildman–Crippen LogP) is 0.842. The van der Waals surface area contributed by atoms with Crippen LogP contribution in [0.25, 0.3) is 0 Å². The highest BCUT2D eigenvalue weighted by Gasteiger charge is 2.31. The van der Waals surface area contributed by atoms with Crippen LogP contribution in [-0.2, 0) is 10.2 Å². The minimum absolute atomic E-state index is 0.189. The van der Waals surface area contributed by atoms with Crippen molar-refractivity contribution in [2.45, 2.75) is 44.2 Å². The second-order valence-corrected chi connectivity index (χ2v) is 5.31. The molecule has 3 N–H and O–H groups in total. The van der Waals surface area contributed by atoms with Crippen LogP contribution in [0.1, 0.15) is 38.5 Å². The van der Waals surface area contributed by atoms with E-state index in [0.29, 0.717) is 12.8 Å². The van der Waals surface area contributed by atoms with E-state index >= 15 is 0 Å². The molecular weight excluding hydrogens is 207 g/mol. The Bertz CT molecular complexity index is 271. The van der Waals surface area contributed by atoms with Gasteiger partial charge in [-0.1, -0.05) is 25.7 Å². The maximum atomic E-state index is 14.0. The lowest BCUT2D eigenvalue weighted by Crippen LogP contribution is -2.42. The lowest BCUT2D eigenvalue weighted by atomic mass is 9.97. The molecule has 0 spiro atoms.